The number of hydrogen-bond acceptors (Lipinski definition) is 7. The minimum atomic E-state index is -0.536. The molecule has 0 bridgehead atoms. The van der Waals surface area contributed by atoms with Gasteiger partial charge >= 0.3 is 0 Å². The number of nitrogens with zero attached hydrogens (tertiary/aromatic N) is 4. The van der Waals surface area contributed by atoms with Crippen LogP contribution >= 0.6 is 11.8 Å². The highest BCUT2D eigenvalue weighted by Crippen LogP contribution is 2.24. The average molecular weight is 413 g/mol. The van der Waals surface area contributed by atoms with E-state index < -0.39 is 4.92 Å². The molecule has 1 aromatic heterocycles. The second kappa shape index (κ2) is 9.20. The number of ether oxygens (including phenoxy) is 1. The van der Waals surface area contributed by atoms with Gasteiger partial charge in [-0.3, -0.25) is 14.9 Å². The molecule has 2 aromatic carbocycles. The van der Waals surface area contributed by atoms with Crippen LogP contribution in [0.3, 0.4) is 0 Å². The lowest BCUT2D eigenvalue weighted by molar-refractivity contribution is -0.383. The Bertz CT molecular complexity index is 1040. The third kappa shape index (κ3) is 5.11. The van der Waals surface area contributed by atoms with Crippen LogP contribution in [0.5, 0.6) is 5.75 Å². The Morgan fingerprint density at radius 2 is 1.93 bits per heavy atom. The fourth-order valence-electron chi connectivity index (χ4n) is 2.51. The molecule has 29 heavy (non-hydrogen) atoms. The number of hydrogen-bond donors (Lipinski definition) is 1. The van der Waals surface area contributed by atoms with Gasteiger partial charge in [-0.25, -0.2) is 0 Å². The monoisotopic (exact) mass is 413 g/mol. The van der Waals surface area contributed by atoms with Crippen LogP contribution in [0.1, 0.15) is 11.4 Å². The summed E-state index contributed by atoms with van der Waals surface area (Å²) in [6.45, 7) is 2.21. The highest BCUT2D eigenvalue weighted by Gasteiger charge is 2.16. The van der Waals surface area contributed by atoms with Crippen molar-refractivity contribution in [2.24, 2.45) is 7.05 Å². The lowest BCUT2D eigenvalue weighted by Crippen LogP contribution is -2.15. The zero-order valence-electron chi connectivity index (χ0n) is 15.9. The molecule has 3 aromatic rings. The molecule has 0 fully saturated rings. The molecule has 0 spiro atoms. The predicted molar refractivity (Wildman–Crippen MR) is 109 cm³/mol. The number of carbonyl (C=O) groups is 1. The summed E-state index contributed by atoms with van der Waals surface area (Å²) in [4.78, 5) is 22.7. The summed E-state index contributed by atoms with van der Waals surface area (Å²) in [5, 5.41) is 22.3. The van der Waals surface area contributed by atoms with Gasteiger partial charge in [0.25, 0.3) is 5.69 Å². The van der Waals surface area contributed by atoms with Gasteiger partial charge in [0.2, 0.25) is 5.91 Å². The van der Waals surface area contributed by atoms with Gasteiger partial charge in [0.15, 0.2) is 11.0 Å². The number of carbonyl (C=O) groups excluding carboxylic acids is 1. The molecule has 0 saturated heterocycles. The van der Waals surface area contributed by atoms with E-state index in [-0.39, 0.29) is 29.6 Å². The molecule has 9 nitrogen and oxygen atoms in total. The van der Waals surface area contributed by atoms with Crippen LogP contribution in [0.15, 0.2) is 53.7 Å². The highest BCUT2D eigenvalue weighted by molar-refractivity contribution is 7.99. The Labute approximate surface area is 171 Å². The van der Waals surface area contributed by atoms with Crippen LogP contribution in [0.25, 0.3) is 0 Å². The first kappa shape index (κ1) is 20.3. The maximum atomic E-state index is 12.2. The number of para-hydroxylation sites is 3. The average Bonchev–Trinajstić information content (AvgIpc) is 3.05. The van der Waals surface area contributed by atoms with Gasteiger partial charge in [0.1, 0.15) is 18.0 Å². The largest absolute Gasteiger partial charge is 0.485 e. The Hall–Kier alpha value is -3.40. The number of nitro groups is 1. The quantitative estimate of drug-likeness (QED) is 0.342. The van der Waals surface area contributed by atoms with Gasteiger partial charge in [-0.05, 0) is 24.6 Å². The van der Waals surface area contributed by atoms with E-state index in [4.69, 9.17) is 4.74 Å². The van der Waals surface area contributed by atoms with E-state index in [9.17, 15) is 14.9 Å². The maximum absolute atomic E-state index is 12.2. The van der Waals surface area contributed by atoms with Gasteiger partial charge in [0, 0.05) is 13.1 Å². The SMILES string of the molecule is Cc1ccccc1OCc1nnc(SCC(=O)Nc2ccccc2[N+](=O)[O-])n1C. The molecule has 0 saturated carbocycles. The van der Waals surface area contributed by atoms with E-state index >= 15 is 0 Å². The molecule has 3 rings (SSSR count). The lowest BCUT2D eigenvalue weighted by atomic mass is 10.2. The molecule has 0 aliphatic carbocycles. The van der Waals surface area contributed by atoms with Crippen LogP contribution in [-0.4, -0.2) is 31.3 Å². The number of rotatable bonds is 8. The molecular formula is C19H19N5O4S. The molecule has 0 unspecified atom stereocenters. The van der Waals surface area contributed by atoms with Crippen molar-refractivity contribution in [2.45, 2.75) is 18.7 Å². The van der Waals surface area contributed by atoms with Gasteiger partial charge in [-0.1, -0.05) is 42.1 Å². The smallest absolute Gasteiger partial charge is 0.292 e. The minimum Gasteiger partial charge on any atom is -0.485 e. The fraction of sp³-hybridized carbons (Fsp3) is 0.211. The zero-order chi connectivity index (χ0) is 20.8. The highest BCUT2D eigenvalue weighted by atomic mass is 32.2. The molecular weight excluding hydrogens is 394 g/mol. The number of amides is 1. The summed E-state index contributed by atoms with van der Waals surface area (Å²) in [5.74, 6) is 1.06. The number of aromatic nitrogens is 3. The molecule has 0 aliphatic heterocycles. The zero-order valence-corrected chi connectivity index (χ0v) is 16.7. The molecule has 0 aliphatic rings. The van der Waals surface area contributed by atoms with Gasteiger partial charge in [-0.15, -0.1) is 10.2 Å². The van der Waals surface area contributed by atoms with E-state index in [0.29, 0.717) is 11.0 Å². The number of benzene rings is 2. The van der Waals surface area contributed by atoms with Gasteiger partial charge < -0.3 is 14.6 Å². The van der Waals surface area contributed by atoms with E-state index in [1.165, 1.54) is 23.9 Å². The summed E-state index contributed by atoms with van der Waals surface area (Å²) in [6.07, 6.45) is 0. The van der Waals surface area contributed by atoms with E-state index in [2.05, 4.69) is 15.5 Å². The van der Waals surface area contributed by atoms with Crippen molar-refractivity contribution < 1.29 is 14.5 Å². The van der Waals surface area contributed by atoms with Crippen LogP contribution < -0.4 is 10.1 Å². The predicted octanol–water partition coefficient (Wildman–Crippen LogP) is 3.34. The van der Waals surface area contributed by atoms with Crippen molar-refractivity contribution in [3.05, 3.63) is 70.0 Å². The van der Waals surface area contributed by atoms with Gasteiger partial charge in [-0.2, -0.15) is 0 Å². The van der Waals surface area contributed by atoms with Gasteiger partial charge in [0.05, 0.1) is 10.7 Å². The standard InChI is InChI=1S/C19H19N5O4S/c1-13-7-3-6-10-16(13)28-11-17-21-22-19(23(17)2)29-12-18(25)20-14-8-4-5-9-15(14)24(26)27/h3-10H,11-12H2,1-2H3,(H,20,25). The van der Waals surface area contributed by atoms with Crippen LogP contribution in [0.4, 0.5) is 11.4 Å². The van der Waals surface area contributed by atoms with Crippen molar-refractivity contribution in [2.75, 3.05) is 11.1 Å². The summed E-state index contributed by atoms with van der Waals surface area (Å²) < 4.78 is 7.53. The van der Waals surface area contributed by atoms with E-state index in [1.807, 2.05) is 31.2 Å². The van der Waals surface area contributed by atoms with Crippen molar-refractivity contribution >= 4 is 29.0 Å². The van der Waals surface area contributed by atoms with E-state index in [1.54, 1.807) is 23.7 Å². The minimum absolute atomic E-state index is 0.0384. The van der Waals surface area contributed by atoms with Crippen LogP contribution in [0, 0.1) is 17.0 Å². The summed E-state index contributed by atoms with van der Waals surface area (Å²) in [7, 11) is 1.79. The Morgan fingerprint density at radius 1 is 1.21 bits per heavy atom. The molecule has 1 N–H and O–H groups in total. The second-order valence-electron chi connectivity index (χ2n) is 6.12. The third-order valence-corrected chi connectivity index (χ3v) is 5.10. The topological polar surface area (TPSA) is 112 Å². The summed E-state index contributed by atoms with van der Waals surface area (Å²) >= 11 is 1.19. The first-order chi connectivity index (χ1) is 14.0. The Morgan fingerprint density at radius 3 is 2.69 bits per heavy atom. The number of nitro benzene ring substituents is 1. The Balaban J connectivity index is 1.57. The van der Waals surface area contributed by atoms with Crippen molar-refractivity contribution in [1.29, 1.82) is 0 Å². The first-order valence-electron chi connectivity index (χ1n) is 8.68. The maximum Gasteiger partial charge on any atom is 0.292 e. The van der Waals surface area contributed by atoms with Crippen LogP contribution in [0.2, 0.25) is 0 Å². The molecule has 1 heterocycles. The number of anilines is 1. The number of thioether (sulfide) groups is 1. The Kier molecular flexibility index (Phi) is 6.45. The number of aryl methyl sites for hydroxylation is 1. The normalized spacial score (nSPS) is 10.6. The van der Waals surface area contributed by atoms with Crippen LogP contribution in [-0.2, 0) is 18.4 Å². The van der Waals surface area contributed by atoms with Crippen molar-refractivity contribution in [3.8, 4) is 5.75 Å². The van der Waals surface area contributed by atoms with E-state index in [0.717, 1.165) is 11.3 Å². The van der Waals surface area contributed by atoms with Crippen molar-refractivity contribution in [1.82, 2.24) is 14.8 Å². The van der Waals surface area contributed by atoms with Crippen molar-refractivity contribution in [3.63, 3.8) is 0 Å². The molecule has 10 heteroatoms. The molecule has 1 amide bonds. The number of nitrogens with one attached hydrogen (secondary N) is 1. The molecule has 0 atom stereocenters. The fourth-order valence-corrected chi connectivity index (χ4v) is 3.24. The second-order valence-corrected chi connectivity index (χ2v) is 7.07. The molecule has 150 valence electrons. The third-order valence-electron chi connectivity index (χ3n) is 4.08. The summed E-state index contributed by atoms with van der Waals surface area (Å²) in [6, 6.07) is 13.7. The first-order valence-corrected chi connectivity index (χ1v) is 9.67. The summed E-state index contributed by atoms with van der Waals surface area (Å²) in [5.41, 5.74) is 1.03. The lowest BCUT2D eigenvalue weighted by Gasteiger charge is -2.09. The molecule has 0 radical (unpaired) electrons.